The minimum Gasteiger partial charge on any atom is -0.385 e. The first-order chi connectivity index (χ1) is 9.66. The second kappa shape index (κ2) is 8.62. The van der Waals surface area contributed by atoms with Crippen molar-refractivity contribution in [3.63, 3.8) is 0 Å². The van der Waals surface area contributed by atoms with Crippen molar-refractivity contribution in [1.82, 2.24) is 5.32 Å². The molecule has 0 radical (unpaired) electrons. The number of aryl methyl sites for hydroxylation is 1. The fourth-order valence-electron chi connectivity index (χ4n) is 2.18. The van der Waals surface area contributed by atoms with Gasteiger partial charge in [0, 0.05) is 24.3 Å². The van der Waals surface area contributed by atoms with E-state index in [-0.39, 0.29) is 5.91 Å². The van der Waals surface area contributed by atoms with E-state index in [0.29, 0.717) is 5.92 Å². The second-order valence-corrected chi connectivity index (χ2v) is 5.36. The first-order valence-electron chi connectivity index (χ1n) is 7.82. The van der Waals surface area contributed by atoms with Gasteiger partial charge in [0.15, 0.2) is 0 Å². The second-order valence-electron chi connectivity index (χ2n) is 5.36. The Bertz CT molecular complexity index is 427. The van der Waals surface area contributed by atoms with Gasteiger partial charge in [0.05, 0.1) is 0 Å². The van der Waals surface area contributed by atoms with Crippen LogP contribution in [0.2, 0.25) is 0 Å². The van der Waals surface area contributed by atoms with Gasteiger partial charge >= 0.3 is 0 Å². The average Bonchev–Trinajstić information content (AvgIpc) is 2.71. The standard InChI is InChI=1S/C15H22N2O.C2H6/c1-11(2)10-17-15(18)13-6-7-14-12(9-13)5-3-4-8-16-14;1-2/h6-7,9,11,16H,3-5,8,10H2,1-2H3,(H,17,18);1-2H3. The average molecular weight is 276 g/mol. The third kappa shape index (κ3) is 4.87. The molecule has 1 aliphatic rings. The zero-order chi connectivity index (χ0) is 15.0. The molecule has 0 unspecified atom stereocenters. The highest BCUT2D eigenvalue weighted by molar-refractivity contribution is 5.94. The molecule has 2 rings (SSSR count). The van der Waals surface area contributed by atoms with Crippen molar-refractivity contribution in [3.8, 4) is 0 Å². The SMILES string of the molecule is CC.CC(C)CNC(=O)c1ccc2c(c1)CCCCN2. The van der Waals surface area contributed by atoms with Crippen molar-refractivity contribution in [2.75, 3.05) is 18.4 Å². The number of rotatable bonds is 3. The molecule has 3 nitrogen and oxygen atoms in total. The summed E-state index contributed by atoms with van der Waals surface area (Å²) in [5.74, 6) is 0.521. The van der Waals surface area contributed by atoms with Crippen LogP contribution in [-0.2, 0) is 6.42 Å². The normalized spacial score (nSPS) is 13.4. The molecule has 1 amide bonds. The fourth-order valence-corrected chi connectivity index (χ4v) is 2.18. The zero-order valence-electron chi connectivity index (χ0n) is 13.3. The lowest BCUT2D eigenvalue weighted by Crippen LogP contribution is -2.27. The fraction of sp³-hybridized carbons (Fsp3) is 0.588. The van der Waals surface area contributed by atoms with E-state index in [2.05, 4.69) is 24.5 Å². The van der Waals surface area contributed by atoms with Gasteiger partial charge in [-0.25, -0.2) is 0 Å². The summed E-state index contributed by atoms with van der Waals surface area (Å²) < 4.78 is 0. The van der Waals surface area contributed by atoms with Crippen LogP contribution in [-0.4, -0.2) is 19.0 Å². The number of carbonyl (C=O) groups excluding carboxylic acids is 1. The lowest BCUT2D eigenvalue weighted by atomic mass is 10.0. The number of nitrogens with one attached hydrogen (secondary N) is 2. The summed E-state index contributed by atoms with van der Waals surface area (Å²) >= 11 is 0. The largest absolute Gasteiger partial charge is 0.385 e. The molecule has 0 aliphatic carbocycles. The smallest absolute Gasteiger partial charge is 0.251 e. The molecule has 0 fully saturated rings. The highest BCUT2D eigenvalue weighted by atomic mass is 16.1. The molecule has 1 aromatic carbocycles. The third-order valence-corrected chi connectivity index (χ3v) is 3.23. The Morgan fingerprint density at radius 1 is 1.30 bits per heavy atom. The maximum atomic E-state index is 12.0. The molecule has 1 heterocycles. The van der Waals surface area contributed by atoms with Gasteiger partial charge in [0.25, 0.3) is 5.91 Å². The van der Waals surface area contributed by atoms with Gasteiger partial charge in [-0.15, -0.1) is 0 Å². The third-order valence-electron chi connectivity index (χ3n) is 3.23. The molecule has 0 aromatic heterocycles. The van der Waals surface area contributed by atoms with E-state index in [0.717, 1.165) is 25.1 Å². The quantitative estimate of drug-likeness (QED) is 0.880. The van der Waals surface area contributed by atoms with E-state index in [1.54, 1.807) is 0 Å². The van der Waals surface area contributed by atoms with Gasteiger partial charge in [0.1, 0.15) is 0 Å². The van der Waals surface area contributed by atoms with Crippen molar-refractivity contribution >= 4 is 11.6 Å². The number of fused-ring (bicyclic) bond motifs is 1. The van der Waals surface area contributed by atoms with Gasteiger partial charge in [0.2, 0.25) is 0 Å². The summed E-state index contributed by atoms with van der Waals surface area (Å²) in [4.78, 5) is 12.0. The summed E-state index contributed by atoms with van der Waals surface area (Å²) in [6, 6.07) is 5.97. The van der Waals surface area contributed by atoms with E-state index in [9.17, 15) is 4.79 Å². The molecule has 0 atom stereocenters. The summed E-state index contributed by atoms with van der Waals surface area (Å²) in [6.07, 6.45) is 3.45. The molecule has 1 aromatic rings. The number of anilines is 1. The molecule has 0 spiro atoms. The number of hydrogen-bond donors (Lipinski definition) is 2. The number of hydrogen-bond acceptors (Lipinski definition) is 2. The number of carbonyl (C=O) groups is 1. The first kappa shape index (κ1) is 16.5. The monoisotopic (exact) mass is 276 g/mol. The predicted octanol–water partition coefficient (Wildman–Crippen LogP) is 3.85. The van der Waals surface area contributed by atoms with Gasteiger partial charge in [-0.05, 0) is 48.9 Å². The molecule has 112 valence electrons. The summed E-state index contributed by atoms with van der Waals surface area (Å²) in [7, 11) is 0. The minimum atomic E-state index is 0.0377. The van der Waals surface area contributed by atoms with E-state index in [1.807, 2.05) is 32.0 Å². The van der Waals surface area contributed by atoms with Crippen molar-refractivity contribution in [2.45, 2.75) is 47.0 Å². The van der Waals surface area contributed by atoms with Crippen LogP contribution in [0, 0.1) is 5.92 Å². The van der Waals surface area contributed by atoms with Crippen LogP contribution in [0.5, 0.6) is 0 Å². The molecule has 1 aliphatic heterocycles. The van der Waals surface area contributed by atoms with Crippen molar-refractivity contribution in [1.29, 1.82) is 0 Å². The Labute approximate surface area is 123 Å². The molecule has 0 bridgehead atoms. The highest BCUT2D eigenvalue weighted by Gasteiger charge is 2.11. The summed E-state index contributed by atoms with van der Waals surface area (Å²) in [5, 5.41) is 6.37. The Hall–Kier alpha value is -1.51. The Balaban J connectivity index is 0.000000956. The van der Waals surface area contributed by atoms with Gasteiger partial charge in [-0.1, -0.05) is 27.7 Å². The lowest BCUT2D eigenvalue weighted by molar-refractivity contribution is 0.0949. The van der Waals surface area contributed by atoms with Crippen LogP contribution in [0.1, 0.15) is 56.5 Å². The van der Waals surface area contributed by atoms with E-state index >= 15 is 0 Å². The maximum Gasteiger partial charge on any atom is 0.251 e. The summed E-state index contributed by atoms with van der Waals surface area (Å²) in [6.45, 7) is 9.96. The van der Waals surface area contributed by atoms with E-state index < -0.39 is 0 Å². The van der Waals surface area contributed by atoms with Crippen molar-refractivity contribution in [3.05, 3.63) is 29.3 Å². The van der Waals surface area contributed by atoms with Crippen LogP contribution < -0.4 is 10.6 Å². The molecule has 0 saturated carbocycles. The van der Waals surface area contributed by atoms with Crippen LogP contribution in [0.15, 0.2) is 18.2 Å². The van der Waals surface area contributed by atoms with E-state index in [4.69, 9.17) is 0 Å². The molecule has 3 heteroatoms. The minimum absolute atomic E-state index is 0.0377. The molecular formula is C17H28N2O. The van der Waals surface area contributed by atoms with Crippen molar-refractivity contribution in [2.24, 2.45) is 5.92 Å². The maximum absolute atomic E-state index is 12.0. The Morgan fingerprint density at radius 3 is 2.75 bits per heavy atom. The summed E-state index contributed by atoms with van der Waals surface area (Å²) in [5.41, 5.74) is 3.23. The number of amides is 1. The Morgan fingerprint density at radius 2 is 2.05 bits per heavy atom. The lowest BCUT2D eigenvalue weighted by Gasteiger charge is -2.11. The van der Waals surface area contributed by atoms with Crippen LogP contribution in [0.3, 0.4) is 0 Å². The van der Waals surface area contributed by atoms with Crippen LogP contribution in [0.25, 0.3) is 0 Å². The van der Waals surface area contributed by atoms with Gasteiger partial charge in [-0.3, -0.25) is 4.79 Å². The number of benzene rings is 1. The highest BCUT2D eigenvalue weighted by Crippen LogP contribution is 2.22. The molecule has 0 saturated heterocycles. The van der Waals surface area contributed by atoms with Gasteiger partial charge < -0.3 is 10.6 Å². The molecule has 2 N–H and O–H groups in total. The molecule has 20 heavy (non-hydrogen) atoms. The Kier molecular flexibility index (Phi) is 7.13. The van der Waals surface area contributed by atoms with Gasteiger partial charge in [-0.2, -0.15) is 0 Å². The van der Waals surface area contributed by atoms with Crippen LogP contribution >= 0.6 is 0 Å². The van der Waals surface area contributed by atoms with Crippen LogP contribution in [0.4, 0.5) is 5.69 Å². The predicted molar refractivity (Wildman–Crippen MR) is 86.4 cm³/mol. The molecular weight excluding hydrogens is 248 g/mol. The topological polar surface area (TPSA) is 41.1 Å². The van der Waals surface area contributed by atoms with E-state index in [1.165, 1.54) is 24.1 Å². The first-order valence-corrected chi connectivity index (χ1v) is 7.82. The zero-order valence-corrected chi connectivity index (χ0v) is 13.3. The van der Waals surface area contributed by atoms with Crippen molar-refractivity contribution < 1.29 is 4.79 Å².